The molecule has 6 nitrogen and oxygen atoms in total. The van der Waals surface area contributed by atoms with Crippen LogP contribution in [0.25, 0.3) is 22.2 Å². The Bertz CT molecular complexity index is 883. The fourth-order valence-corrected chi connectivity index (χ4v) is 3.01. The maximum absolute atomic E-state index is 12.6. The lowest BCUT2D eigenvalue weighted by molar-refractivity contribution is 0.0662. The highest BCUT2D eigenvalue weighted by Gasteiger charge is 2.18. The van der Waals surface area contributed by atoms with Gasteiger partial charge in [-0.25, -0.2) is 5.01 Å². The Morgan fingerprint density at radius 3 is 2.60 bits per heavy atom. The molecule has 6 heteroatoms. The molecular formula is C19H20N4O2. The third kappa shape index (κ3) is 3.26. The fourth-order valence-electron chi connectivity index (χ4n) is 3.01. The van der Waals surface area contributed by atoms with E-state index in [1.165, 1.54) is 0 Å². The van der Waals surface area contributed by atoms with Crippen molar-refractivity contribution in [1.82, 2.24) is 20.5 Å². The molecule has 4 rings (SSSR count). The summed E-state index contributed by atoms with van der Waals surface area (Å²) < 4.78 is 5.50. The van der Waals surface area contributed by atoms with Crippen LogP contribution in [0, 0.1) is 0 Å². The molecule has 1 saturated heterocycles. The van der Waals surface area contributed by atoms with Crippen molar-refractivity contribution < 1.29 is 9.32 Å². The number of nitrogens with one attached hydrogen (secondary N) is 1. The number of fused-ring (bicyclic) bond motifs is 1. The highest BCUT2D eigenvalue weighted by Crippen LogP contribution is 2.29. The molecule has 0 bridgehead atoms. The van der Waals surface area contributed by atoms with Gasteiger partial charge < -0.3 is 9.42 Å². The summed E-state index contributed by atoms with van der Waals surface area (Å²) in [6.07, 6.45) is 0. The van der Waals surface area contributed by atoms with Gasteiger partial charge in [0.1, 0.15) is 5.52 Å². The van der Waals surface area contributed by atoms with Crippen LogP contribution in [0.3, 0.4) is 0 Å². The number of carbonyl (C=O) groups excluding carboxylic acids is 1. The summed E-state index contributed by atoms with van der Waals surface area (Å²) in [6, 6.07) is 15.3. The molecule has 0 unspecified atom stereocenters. The zero-order valence-corrected chi connectivity index (χ0v) is 14.1. The lowest BCUT2D eigenvalue weighted by Gasteiger charge is -2.32. The summed E-state index contributed by atoms with van der Waals surface area (Å²) in [5, 5.41) is 6.91. The third-order valence-corrected chi connectivity index (χ3v) is 4.54. The first-order valence-electron chi connectivity index (χ1n) is 8.40. The standard InChI is InChI=1S/C19H20N4O2/c1-22-9-11-23(12-10-22)20-19(24)15-7-8-17-16(13-15)18(25-21-17)14-5-3-2-4-6-14/h2-8,13H,9-12H2,1H3,(H,20,24). The zero-order valence-electron chi connectivity index (χ0n) is 14.1. The van der Waals surface area contributed by atoms with Crippen LogP contribution in [-0.4, -0.2) is 54.2 Å². The van der Waals surface area contributed by atoms with Crippen molar-refractivity contribution in [2.45, 2.75) is 0 Å². The summed E-state index contributed by atoms with van der Waals surface area (Å²) in [6.45, 7) is 3.55. The van der Waals surface area contributed by atoms with Crippen LogP contribution >= 0.6 is 0 Å². The van der Waals surface area contributed by atoms with E-state index in [1.807, 2.05) is 47.5 Å². The van der Waals surface area contributed by atoms with E-state index < -0.39 is 0 Å². The lowest BCUT2D eigenvalue weighted by atomic mass is 10.1. The van der Waals surface area contributed by atoms with E-state index in [0.717, 1.165) is 42.6 Å². The summed E-state index contributed by atoms with van der Waals surface area (Å²) >= 11 is 0. The molecule has 1 aliphatic heterocycles. The van der Waals surface area contributed by atoms with Crippen molar-refractivity contribution in [2.24, 2.45) is 0 Å². The minimum absolute atomic E-state index is 0.105. The molecule has 1 N–H and O–H groups in total. The number of nitrogens with zero attached hydrogens (tertiary/aromatic N) is 3. The average molecular weight is 336 g/mol. The van der Waals surface area contributed by atoms with Crippen molar-refractivity contribution in [2.75, 3.05) is 33.2 Å². The number of benzene rings is 2. The molecule has 0 aliphatic carbocycles. The Hall–Kier alpha value is -2.70. The van der Waals surface area contributed by atoms with E-state index >= 15 is 0 Å². The second-order valence-corrected chi connectivity index (χ2v) is 6.34. The lowest BCUT2D eigenvalue weighted by Crippen LogP contribution is -2.52. The molecule has 0 saturated carbocycles. The van der Waals surface area contributed by atoms with Crippen LogP contribution in [0.4, 0.5) is 0 Å². The maximum atomic E-state index is 12.6. The monoisotopic (exact) mass is 336 g/mol. The molecule has 128 valence electrons. The van der Waals surface area contributed by atoms with Gasteiger partial charge in [0.2, 0.25) is 0 Å². The number of piperazine rings is 1. The van der Waals surface area contributed by atoms with Gasteiger partial charge in [0.25, 0.3) is 5.91 Å². The van der Waals surface area contributed by atoms with E-state index in [0.29, 0.717) is 11.3 Å². The van der Waals surface area contributed by atoms with Gasteiger partial charge in [0.15, 0.2) is 5.76 Å². The Balaban J connectivity index is 1.59. The number of rotatable bonds is 3. The van der Waals surface area contributed by atoms with E-state index in [4.69, 9.17) is 4.52 Å². The fraction of sp³-hybridized carbons (Fsp3) is 0.263. The van der Waals surface area contributed by atoms with Crippen LogP contribution in [0.15, 0.2) is 53.1 Å². The van der Waals surface area contributed by atoms with Crippen LogP contribution in [-0.2, 0) is 0 Å². The maximum Gasteiger partial charge on any atom is 0.265 e. The van der Waals surface area contributed by atoms with Crippen LogP contribution in [0.1, 0.15) is 10.4 Å². The van der Waals surface area contributed by atoms with Crippen LogP contribution in [0.5, 0.6) is 0 Å². The first kappa shape index (κ1) is 15.8. The summed E-state index contributed by atoms with van der Waals surface area (Å²) in [7, 11) is 2.09. The van der Waals surface area contributed by atoms with Gasteiger partial charge in [-0.2, -0.15) is 0 Å². The van der Waals surface area contributed by atoms with Gasteiger partial charge in [0.05, 0.1) is 5.39 Å². The number of hydrazine groups is 1. The van der Waals surface area contributed by atoms with Gasteiger partial charge in [-0.05, 0) is 25.2 Å². The van der Waals surface area contributed by atoms with Gasteiger partial charge >= 0.3 is 0 Å². The molecule has 0 radical (unpaired) electrons. The number of hydrogen-bond donors (Lipinski definition) is 1. The van der Waals surface area contributed by atoms with Gasteiger partial charge in [0, 0.05) is 37.3 Å². The first-order valence-corrected chi connectivity index (χ1v) is 8.40. The van der Waals surface area contributed by atoms with Gasteiger partial charge in [-0.1, -0.05) is 35.5 Å². The molecule has 2 heterocycles. The minimum Gasteiger partial charge on any atom is -0.355 e. The SMILES string of the molecule is CN1CCN(NC(=O)c2ccc3noc(-c4ccccc4)c3c2)CC1. The molecule has 1 amide bonds. The molecular weight excluding hydrogens is 316 g/mol. The van der Waals surface area contributed by atoms with E-state index in [1.54, 1.807) is 6.07 Å². The smallest absolute Gasteiger partial charge is 0.265 e. The number of carbonyl (C=O) groups is 1. The zero-order chi connectivity index (χ0) is 17.2. The quantitative estimate of drug-likeness (QED) is 0.796. The van der Waals surface area contributed by atoms with Gasteiger partial charge in [-0.15, -0.1) is 0 Å². The molecule has 1 fully saturated rings. The topological polar surface area (TPSA) is 61.6 Å². The predicted molar refractivity (Wildman–Crippen MR) is 96.0 cm³/mol. The molecule has 1 aliphatic rings. The highest BCUT2D eigenvalue weighted by molar-refractivity contribution is 6.00. The molecule has 3 aromatic rings. The van der Waals surface area contributed by atoms with Crippen LogP contribution in [0.2, 0.25) is 0 Å². The molecule has 2 aromatic carbocycles. The molecule has 25 heavy (non-hydrogen) atoms. The number of hydrogen-bond acceptors (Lipinski definition) is 5. The Morgan fingerprint density at radius 2 is 1.84 bits per heavy atom. The highest BCUT2D eigenvalue weighted by atomic mass is 16.5. The summed E-state index contributed by atoms with van der Waals surface area (Å²) in [4.78, 5) is 14.8. The Kier molecular flexibility index (Phi) is 4.21. The second-order valence-electron chi connectivity index (χ2n) is 6.34. The molecule has 0 atom stereocenters. The van der Waals surface area contributed by atoms with E-state index in [9.17, 15) is 4.79 Å². The predicted octanol–water partition coefficient (Wildman–Crippen LogP) is 2.39. The Morgan fingerprint density at radius 1 is 1.08 bits per heavy atom. The van der Waals surface area contributed by atoms with Crippen molar-refractivity contribution in [1.29, 1.82) is 0 Å². The summed E-state index contributed by atoms with van der Waals surface area (Å²) in [5.74, 6) is 0.580. The van der Waals surface area contributed by atoms with E-state index in [2.05, 4.69) is 22.5 Å². The third-order valence-electron chi connectivity index (χ3n) is 4.54. The van der Waals surface area contributed by atoms with Crippen LogP contribution < -0.4 is 5.43 Å². The minimum atomic E-state index is -0.105. The first-order chi connectivity index (χ1) is 12.2. The average Bonchev–Trinajstić information content (AvgIpc) is 3.07. The van der Waals surface area contributed by atoms with Crippen molar-refractivity contribution in [3.05, 3.63) is 54.1 Å². The van der Waals surface area contributed by atoms with Crippen molar-refractivity contribution in [3.63, 3.8) is 0 Å². The van der Waals surface area contributed by atoms with Crippen molar-refractivity contribution >= 4 is 16.8 Å². The molecule has 1 aromatic heterocycles. The number of aromatic nitrogens is 1. The summed E-state index contributed by atoms with van der Waals surface area (Å²) in [5.41, 5.74) is 5.28. The second kappa shape index (κ2) is 6.66. The normalized spacial score (nSPS) is 16.2. The number of likely N-dealkylation sites (N-methyl/N-ethyl adjacent to an activating group) is 1. The Labute approximate surface area is 146 Å². The largest absolute Gasteiger partial charge is 0.355 e. The van der Waals surface area contributed by atoms with Gasteiger partial charge in [-0.3, -0.25) is 10.2 Å². The van der Waals surface area contributed by atoms with E-state index in [-0.39, 0.29) is 5.91 Å². The van der Waals surface area contributed by atoms with Crippen molar-refractivity contribution in [3.8, 4) is 11.3 Å². The molecule has 0 spiro atoms. The number of amides is 1.